The third-order valence-corrected chi connectivity index (χ3v) is 5.48. The van der Waals surface area contributed by atoms with Crippen LogP contribution in [0, 0.1) is 0 Å². The van der Waals surface area contributed by atoms with E-state index in [1.165, 1.54) is 18.4 Å². The Morgan fingerprint density at radius 1 is 1.10 bits per heavy atom. The predicted octanol–water partition coefficient (Wildman–Crippen LogP) is 2.61. The molecular weight excluding hydrogens is 396 g/mol. The van der Waals surface area contributed by atoms with Crippen LogP contribution >= 0.6 is 11.3 Å². The molecule has 0 fully saturated rings. The summed E-state index contributed by atoms with van der Waals surface area (Å²) in [6.07, 6.45) is 0. The SMILES string of the molecule is COCCn1c(=NC(=O)c2ccc3c(c2)OCO3)sc2cc(C(=O)OC)ccc21. The Morgan fingerprint density at radius 3 is 2.69 bits per heavy atom. The van der Waals surface area contributed by atoms with E-state index in [1.54, 1.807) is 37.4 Å². The average molecular weight is 414 g/mol. The van der Waals surface area contributed by atoms with Gasteiger partial charge in [0.05, 0.1) is 29.5 Å². The van der Waals surface area contributed by atoms with E-state index in [-0.39, 0.29) is 6.79 Å². The third-order valence-electron chi connectivity index (χ3n) is 4.44. The van der Waals surface area contributed by atoms with Crippen molar-refractivity contribution in [2.45, 2.75) is 6.54 Å². The van der Waals surface area contributed by atoms with E-state index >= 15 is 0 Å². The van der Waals surface area contributed by atoms with Crippen molar-refractivity contribution in [1.82, 2.24) is 4.57 Å². The minimum Gasteiger partial charge on any atom is -0.465 e. The molecule has 0 atom stereocenters. The minimum atomic E-state index is -0.418. The van der Waals surface area contributed by atoms with Gasteiger partial charge in [-0.15, -0.1) is 0 Å². The smallest absolute Gasteiger partial charge is 0.337 e. The molecule has 3 aromatic rings. The first-order valence-electron chi connectivity index (χ1n) is 8.80. The number of ether oxygens (including phenoxy) is 4. The highest BCUT2D eigenvalue weighted by atomic mass is 32.1. The zero-order valence-corrected chi connectivity index (χ0v) is 16.7. The van der Waals surface area contributed by atoms with Gasteiger partial charge in [-0.2, -0.15) is 4.99 Å². The highest BCUT2D eigenvalue weighted by Crippen LogP contribution is 2.32. The van der Waals surface area contributed by atoms with Gasteiger partial charge in [0.1, 0.15) is 0 Å². The third kappa shape index (κ3) is 3.74. The van der Waals surface area contributed by atoms with Gasteiger partial charge >= 0.3 is 5.97 Å². The Labute approximate surface area is 169 Å². The summed E-state index contributed by atoms with van der Waals surface area (Å²) in [4.78, 5) is 29.4. The summed E-state index contributed by atoms with van der Waals surface area (Å²) in [6, 6.07) is 10.2. The van der Waals surface area contributed by atoms with Gasteiger partial charge in [0.2, 0.25) is 6.79 Å². The lowest BCUT2D eigenvalue weighted by atomic mass is 10.2. The molecule has 0 radical (unpaired) electrons. The number of esters is 1. The first-order chi connectivity index (χ1) is 14.1. The molecule has 0 bridgehead atoms. The van der Waals surface area contributed by atoms with Gasteiger partial charge in [-0.05, 0) is 36.4 Å². The molecule has 0 saturated heterocycles. The first kappa shape index (κ1) is 19.2. The molecule has 2 aromatic carbocycles. The van der Waals surface area contributed by atoms with Crippen molar-refractivity contribution in [2.75, 3.05) is 27.6 Å². The van der Waals surface area contributed by atoms with Crippen LogP contribution < -0.4 is 14.3 Å². The number of carbonyl (C=O) groups excluding carboxylic acids is 2. The summed E-state index contributed by atoms with van der Waals surface area (Å²) >= 11 is 1.32. The van der Waals surface area contributed by atoms with Crippen LogP contribution in [0.2, 0.25) is 0 Å². The van der Waals surface area contributed by atoms with Crippen LogP contribution in [0.25, 0.3) is 10.2 Å². The normalized spacial score (nSPS) is 13.1. The van der Waals surface area contributed by atoms with E-state index in [2.05, 4.69) is 4.99 Å². The van der Waals surface area contributed by atoms with Gasteiger partial charge in [-0.3, -0.25) is 4.79 Å². The minimum absolute atomic E-state index is 0.139. The number of hydrogen-bond acceptors (Lipinski definition) is 7. The molecule has 150 valence electrons. The summed E-state index contributed by atoms with van der Waals surface area (Å²) in [5, 5.41) is 0. The number of fused-ring (bicyclic) bond motifs is 2. The number of rotatable bonds is 5. The molecule has 1 aliphatic rings. The van der Waals surface area contributed by atoms with E-state index in [9.17, 15) is 9.59 Å². The van der Waals surface area contributed by atoms with Gasteiger partial charge in [-0.25, -0.2) is 4.79 Å². The maximum absolute atomic E-state index is 12.8. The summed E-state index contributed by atoms with van der Waals surface area (Å²) in [6.45, 7) is 1.11. The topological polar surface area (TPSA) is 88.4 Å². The number of methoxy groups -OCH3 is 2. The van der Waals surface area contributed by atoms with Crippen LogP contribution in [0.1, 0.15) is 20.7 Å². The summed E-state index contributed by atoms with van der Waals surface area (Å²) in [5.41, 5.74) is 1.70. The van der Waals surface area contributed by atoms with E-state index in [4.69, 9.17) is 18.9 Å². The Hall–Kier alpha value is -3.17. The van der Waals surface area contributed by atoms with Crippen molar-refractivity contribution in [3.8, 4) is 11.5 Å². The molecule has 1 amide bonds. The zero-order chi connectivity index (χ0) is 20.4. The number of amides is 1. The first-order valence-corrected chi connectivity index (χ1v) is 9.61. The Kier molecular flexibility index (Phi) is 5.32. The second-order valence-corrected chi connectivity index (χ2v) is 7.20. The second-order valence-electron chi connectivity index (χ2n) is 6.19. The van der Waals surface area contributed by atoms with Crippen LogP contribution in [0.5, 0.6) is 11.5 Å². The van der Waals surface area contributed by atoms with Gasteiger partial charge < -0.3 is 23.5 Å². The maximum atomic E-state index is 12.8. The fourth-order valence-electron chi connectivity index (χ4n) is 2.98. The van der Waals surface area contributed by atoms with Crippen LogP contribution in [-0.2, 0) is 16.0 Å². The molecule has 8 nitrogen and oxygen atoms in total. The molecule has 0 unspecified atom stereocenters. The molecule has 0 saturated carbocycles. The van der Waals surface area contributed by atoms with Gasteiger partial charge in [0, 0.05) is 19.2 Å². The fourth-order valence-corrected chi connectivity index (χ4v) is 4.08. The quantitative estimate of drug-likeness (QED) is 0.597. The van der Waals surface area contributed by atoms with E-state index in [1.807, 2.05) is 10.6 Å². The molecule has 1 aromatic heterocycles. The summed E-state index contributed by atoms with van der Waals surface area (Å²) in [5.74, 6) is 0.319. The van der Waals surface area contributed by atoms with Crippen LogP contribution in [-0.4, -0.2) is 44.1 Å². The largest absolute Gasteiger partial charge is 0.465 e. The Morgan fingerprint density at radius 2 is 1.90 bits per heavy atom. The standard InChI is InChI=1S/C20H18N2O6S/c1-25-8-7-22-14-5-3-13(19(24)26-2)10-17(14)29-20(22)21-18(23)12-4-6-15-16(9-12)28-11-27-15/h3-6,9-10H,7-8,11H2,1-2H3. The number of hydrogen-bond donors (Lipinski definition) is 0. The van der Waals surface area contributed by atoms with Crippen molar-refractivity contribution >= 4 is 33.4 Å². The summed E-state index contributed by atoms with van der Waals surface area (Å²) in [7, 11) is 2.95. The average Bonchev–Trinajstić information content (AvgIpc) is 3.34. The van der Waals surface area contributed by atoms with Gasteiger partial charge in [0.25, 0.3) is 5.91 Å². The van der Waals surface area contributed by atoms with E-state index < -0.39 is 11.9 Å². The van der Waals surface area contributed by atoms with Crippen molar-refractivity contribution in [3.05, 3.63) is 52.3 Å². The molecule has 1 aliphatic heterocycles. The number of nitrogens with zero attached hydrogens (tertiary/aromatic N) is 2. The molecular formula is C20H18N2O6S. The van der Waals surface area contributed by atoms with Crippen LogP contribution in [0.4, 0.5) is 0 Å². The lowest BCUT2D eigenvalue weighted by molar-refractivity contribution is 0.0600. The maximum Gasteiger partial charge on any atom is 0.337 e. The molecule has 2 heterocycles. The molecule has 29 heavy (non-hydrogen) atoms. The predicted molar refractivity (Wildman–Crippen MR) is 105 cm³/mol. The summed E-state index contributed by atoms with van der Waals surface area (Å²) < 4.78 is 23.3. The van der Waals surface area contributed by atoms with Crippen molar-refractivity contribution in [3.63, 3.8) is 0 Å². The molecule has 0 spiro atoms. The molecule has 0 aliphatic carbocycles. The van der Waals surface area contributed by atoms with E-state index in [0.717, 1.165) is 10.2 Å². The number of aromatic nitrogens is 1. The zero-order valence-electron chi connectivity index (χ0n) is 15.8. The van der Waals surface area contributed by atoms with E-state index in [0.29, 0.717) is 40.6 Å². The van der Waals surface area contributed by atoms with Crippen molar-refractivity contribution in [1.29, 1.82) is 0 Å². The van der Waals surface area contributed by atoms with Crippen molar-refractivity contribution in [2.24, 2.45) is 4.99 Å². The highest BCUT2D eigenvalue weighted by molar-refractivity contribution is 7.16. The van der Waals surface area contributed by atoms with Crippen LogP contribution in [0.3, 0.4) is 0 Å². The number of benzene rings is 2. The Balaban J connectivity index is 1.78. The number of carbonyl (C=O) groups is 2. The monoisotopic (exact) mass is 414 g/mol. The fraction of sp³-hybridized carbons (Fsp3) is 0.250. The van der Waals surface area contributed by atoms with Crippen LogP contribution in [0.15, 0.2) is 41.4 Å². The lowest BCUT2D eigenvalue weighted by Gasteiger charge is -2.05. The number of thiazole rings is 1. The molecule has 4 rings (SSSR count). The molecule has 0 N–H and O–H groups in total. The Bertz CT molecular complexity index is 1160. The lowest BCUT2D eigenvalue weighted by Crippen LogP contribution is -2.19. The van der Waals surface area contributed by atoms with Crippen molar-refractivity contribution < 1.29 is 28.5 Å². The van der Waals surface area contributed by atoms with Gasteiger partial charge in [0.15, 0.2) is 16.3 Å². The molecule has 9 heteroatoms. The second kappa shape index (κ2) is 8.06. The van der Waals surface area contributed by atoms with Gasteiger partial charge in [-0.1, -0.05) is 11.3 Å². The highest BCUT2D eigenvalue weighted by Gasteiger charge is 2.17.